The summed E-state index contributed by atoms with van der Waals surface area (Å²) in [7, 11) is 0. The van der Waals surface area contributed by atoms with Gasteiger partial charge in [0, 0.05) is 15.8 Å². The third kappa shape index (κ3) is 3.03. The minimum absolute atomic E-state index is 0.122. The minimum Gasteiger partial charge on any atom is -0.294 e. The molecule has 0 saturated heterocycles. The van der Waals surface area contributed by atoms with E-state index in [0.29, 0.717) is 4.47 Å². The summed E-state index contributed by atoms with van der Waals surface area (Å²) in [5, 5.41) is 0. The Morgan fingerprint density at radius 3 is 2.59 bits per heavy atom. The predicted molar refractivity (Wildman–Crippen MR) is 74.2 cm³/mol. The van der Waals surface area contributed by atoms with Crippen molar-refractivity contribution in [1.29, 1.82) is 0 Å². The van der Waals surface area contributed by atoms with Crippen LogP contribution in [0, 0.1) is 5.82 Å². The summed E-state index contributed by atoms with van der Waals surface area (Å²) in [6.07, 6.45) is 0.218. The van der Waals surface area contributed by atoms with E-state index >= 15 is 0 Å². The standard InChI is InChI=1S/C12H7Br2FOS/c13-8-2-1-3-9(15)12(8)10(16)6-7-4-5-11(14)17-7/h1-5H,6H2. The van der Waals surface area contributed by atoms with E-state index in [2.05, 4.69) is 31.9 Å². The maximum Gasteiger partial charge on any atom is 0.172 e. The van der Waals surface area contributed by atoms with Crippen molar-refractivity contribution in [3.63, 3.8) is 0 Å². The minimum atomic E-state index is -0.486. The van der Waals surface area contributed by atoms with E-state index in [-0.39, 0.29) is 17.8 Å². The lowest BCUT2D eigenvalue weighted by molar-refractivity contribution is 0.0989. The number of carbonyl (C=O) groups excluding carboxylic acids is 1. The molecule has 17 heavy (non-hydrogen) atoms. The predicted octanol–water partition coefficient (Wildman–Crippen LogP) is 4.84. The third-order valence-corrected chi connectivity index (χ3v) is 4.49. The Balaban J connectivity index is 2.26. The van der Waals surface area contributed by atoms with Crippen LogP contribution in [0.2, 0.25) is 0 Å². The lowest BCUT2D eigenvalue weighted by Gasteiger charge is -2.03. The van der Waals surface area contributed by atoms with Crippen molar-refractivity contribution < 1.29 is 9.18 Å². The van der Waals surface area contributed by atoms with Gasteiger partial charge in [0.2, 0.25) is 0 Å². The van der Waals surface area contributed by atoms with Gasteiger partial charge < -0.3 is 0 Å². The van der Waals surface area contributed by atoms with E-state index in [1.54, 1.807) is 12.1 Å². The zero-order valence-electron chi connectivity index (χ0n) is 8.54. The highest BCUT2D eigenvalue weighted by Crippen LogP contribution is 2.26. The van der Waals surface area contributed by atoms with Crippen molar-refractivity contribution in [3.8, 4) is 0 Å². The number of Topliss-reactive ketones (excluding diaryl/α,β-unsaturated/α-hetero) is 1. The van der Waals surface area contributed by atoms with Crippen molar-refractivity contribution >= 4 is 49.0 Å². The molecule has 0 unspecified atom stereocenters. The van der Waals surface area contributed by atoms with Gasteiger partial charge in [0.15, 0.2) is 5.78 Å². The van der Waals surface area contributed by atoms with E-state index in [1.807, 2.05) is 12.1 Å². The fourth-order valence-electron chi connectivity index (χ4n) is 1.46. The second-order valence-corrected chi connectivity index (χ2v) is 6.80. The van der Waals surface area contributed by atoms with Gasteiger partial charge in [-0.1, -0.05) is 6.07 Å². The Kier molecular flexibility index (Phi) is 4.12. The first-order valence-corrected chi connectivity index (χ1v) is 7.19. The van der Waals surface area contributed by atoms with Gasteiger partial charge in [0.25, 0.3) is 0 Å². The quantitative estimate of drug-likeness (QED) is 0.699. The average Bonchev–Trinajstić information content (AvgIpc) is 2.63. The number of rotatable bonds is 3. The van der Waals surface area contributed by atoms with Gasteiger partial charge in [0.05, 0.1) is 9.35 Å². The number of carbonyl (C=O) groups is 1. The molecule has 0 N–H and O–H groups in total. The molecule has 1 nitrogen and oxygen atoms in total. The maximum absolute atomic E-state index is 13.6. The van der Waals surface area contributed by atoms with E-state index in [9.17, 15) is 9.18 Å². The van der Waals surface area contributed by atoms with Gasteiger partial charge >= 0.3 is 0 Å². The molecule has 0 spiro atoms. The molecule has 0 atom stereocenters. The molecular weight excluding hydrogens is 371 g/mol. The summed E-state index contributed by atoms with van der Waals surface area (Å²) in [5.74, 6) is -0.704. The van der Waals surface area contributed by atoms with Gasteiger partial charge in [0.1, 0.15) is 5.82 Å². The van der Waals surface area contributed by atoms with Gasteiger partial charge in [-0.3, -0.25) is 4.79 Å². The summed E-state index contributed by atoms with van der Waals surface area (Å²) in [4.78, 5) is 12.9. The first kappa shape index (κ1) is 12.9. The van der Waals surface area contributed by atoms with Crippen molar-refractivity contribution in [2.75, 3.05) is 0 Å². The van der Waals surface area contributed by atoms with Crippen molar-refractivity contribution in [1.82, 2.24) is 0 Å². The van der Waals surface area contributed by atoms with Crippen molar-refractivity contribution in [3.05, 3.63) is 54.8 Å². The number of hydrogen-bond donors (Lipinski definition) is 0. The molecule has 1 heterocycles. The Labute approximate surface area is 119 Å². The molecule has 0 radical (unpaired) electrons. The van der Waals surface area contributed by atoms with Gasteiger partial charge in [-0.2, -0.15) is 0 Å². The maximum atomic E-state index is 13.6. The van der Waals surface area contributed by atoms with Crippen LogP contribution in [-0.2, 0) is 6.42 Å². The highest BCUT2D eigenvalue weighted by molar-refractivity contribution is 9.11. The van der Waals surface area contributed by atoms with Crippen LogP contribution < -0.4 is 0 Å². The summed E-state index contributed by atoms with van der Waals surface area (Å²) in [6.45, 7) is 0. The van der Waals surface area contributed by atoms with Gasteiger partial charge in [-0.25, -0.2) is 4.39 Å². The number of hydrogen-bond acceptors (Lipinski definition) is 2. The first-order chi connectivity index (χ1) is 8.08. The molecule has 5 heteroatoms. The highest BCUT2D eigenvalue weighted by Gasteiger charge is 2.16. The Morgan fingerprint density at radius 2 is 2.00 bits per heavy atom. The van der Waals surface area contributed by atoms with Crippen LogP contribution >= 0.6 is 43.2 Å². The molecule has 0 aliphatic rings. The average molecular weight is 378 g/mol. The summed E-state index contributed by atoms with van der Waals surface area (Å²) >= 11 is 8.01. The summed E-state index contributed by atoms with van der Waals surface area (Å²) in [6, 6.07) is 8.27. The van der Waals surface area contributed by atoms with Gasteiger partial charge in [-0.15, -0.1) is 11.3 Å². The van der Waals surface area contributed by atoms with Crippen molar-refractivity contribution in [2.24, 2.45) is 0 Å². The second kappa shape index (κ2) is 5.42. The smallest absolute Gasteiger partial charge is 0.172 e. The first-order valence-electron chi connectivity index (χ1n) is 4.79. The molecule has 0 saturated carbocycles. The molecule has 1 aromatic carbocycles. The van der Waals surface area contributed by atoms with Crippen LogP contribution in [0.1, 0.15) is 15.2 Å². The number of halogens is 3. The lowest BCUT2D eigenvalue weighted by atomic mass is 10.1. The monoisotopic (exact) mass is 376 g/mol. The van der Waals surface area contributed by atoms with E-state index in [1.165, 1.54) is 17.4 Å². The third-order valence-electron chi connectivity index (χ3n) is 2.21. The van der Waals surface area contributed by atoms with Crippen LogP contribution in [0.3, 0.4) is 0 Å². The van der Waals surface area contributed by atoms with E-state index in [0.717, 1.165) is 8.66 Å². The van der Waals surface area contributed by atoms with Crippen molar-refractivity contribution in [2.45, 2.75) is 6.42 Å². The van der Waals surface area contributed by atoms with Crippen LogP contribution in [-0.4, -0.2) is 5.78 Å². The molecule has 0 aliphatic carbocycles. The van der Waals surface area contributed by atoms with Crippen LogP contribution in [0.15, 0.2) is 38.6 Å². The SMILES string of the molecule is O=C(Cc1ccc(Br)s1)c1c(F)cccc1Br. The van der Waals surface area contributed by atoms with Crippen LogP contribution in [0.25, 0.3) is 0 Å². The number of thiophene rings is 1. The topological polar surface area (TPSA) is 17.1 Å². The summed E-state index contributed by atoms with van der Waals surface area (Å²) < 4.78 is 15.0. The second-order valence-electron chi connectivity index (χ2n) is 3.40. The fourth-order valence-corrected chi connectivity index (χ4v) is 3.50. The number of ketones is 1. The molecule has 2 rings (SSSR count). The Hall–Kier alpha value is -0.520. The normalized spacial score (nSPS) is 10.5. The fraction of sp³-hybridized carbons (Fsp3) is 0.0833. The molecule has 0 fully saturated rings. The molecule has 0 bridgehead atoms. The van der Waals surface area contributed by atoms with E-state index in [4.69, 9.17) is 0 Å². The molecule has 0 aliphatic heterocycles. The lowest BCUT2D eigenvalue weighted by Crippen LogP contribution is -2.06. The highest BCUT2D eigenvalue weighted by atomic mass is 79.9. The molecule has 1 aromatic heterocycles. The largest absolute Gasteiger partial charge is 0.294 e. The molecule has 2 aromatic rings. The zero-order valence-corrected chi connectivity index (χ0v) is 12.5. The molecule has 0 amide bonds. The van der Waals surface area contributed by atoms with E-state index < -0.39 is 5.82 Å². The van der Waals surface area contributed by atoms with Gasteiger partial charge in [-0.05, 0) is 56.1 Å². The Morgan fingerprint density at radius 1 is 1.24 bits per heavy atom. The zero-order chi connectivity index (χ0) is 12.4. The molecular formula is C12H7Br2FOS. The van der Waals surface area contributed by atoms with Crippen LogP contribution in [0.4, 0.5) is 4.39 Å². The summed E-state index contributed by atoms with van der Waals surface area (Å²) in [5.41, 5.74) is 0.122. The Bertz CT molecular complexity index is 545. The molecule has 88 valence electrons. The van der Waals surface area contributed by atoms with Crippen LogP contribution in [0.5, 0.6) is 0 Å². The number of benzene rings is 1.